The van der Waals surface area contributed by atoms with Gasteiger partial charge in [0.25, 0.3) is 0 Å². The van der Waals surface area contributed by atoms with Gasteiger partial charge in [0.05, 0.1) is 17.7 Å². The minimum atomic E-state index is -0.269. The lowest BCUT2D eigenvalue weighted by atomic mass is 10.2. The highest BCUT2D eigenvalue weighted by Gasteiger charge is 2.16. The number of aromatic nitrogens is 1. The minimum Gasteiger partial charge on any atom is -0.465 e. The zero-order valence-electron chi connectivity index (χ0n) is 8.01. The van der Waals surface area contributed by atoms with Crippen molar-refractivity contribution in [3.05, 3.63) is 17.3 Å². The van der Waals surface area contributed by atoms with Crippen LogP contribution in [0.2, 0.25) is 0 Å². The Hall–Kier alpha value is -0.900. The summed E-state index contributed by atoms with van der Waals surface area (Å²) in [4.78, 5) is 14.4. The molecule has 0 atom stereocenters. The van der Waals surface area contributed by atoms with E-state index in [1.54, 1.807) is 11.8 Å². The van der Waals surface area contributed by atoms with Crippen LogP contribution in [-0.2, 0) is 4.74 Å². The third-order valence-corrected chi connectivity index (χ3v) is 2.62. The third kappa shape index (κ3) is 2.06. The predicted octanol–water partition coefficient (Wildman–Crippen LogP) is 2.22. The standard InChI is InChI=1S/C9H13NO2S/c1-4-13-8-7(9(11)12-3)6(2)5-10-8/h5,10H,4H2,1-3H3. The molecule has 0 aliphatic heterocycles. The smallest absolute Gasteiger partial charge is 0.340 e. The Morgan fingerprint density at radius 1 is 1.69 bits per heavy atom. The first kappa shape index (κ1) is 10.2. The van der Waals surface area contributed by atoms with Crippen molar-refractivity contribution >= 4 is 17.7 Å². The van der Waals surface area contributed by atoms with Gasteiger partial charge in [-0.25, -0.2) is 4.79 Å². The quantitative estimate of drug-likeness (QED) is 0.599. The van der Waals surface area contributed by atoms with Crippen molar-refractivity contribution in [1.29, 1.82) is 0 Å². The Labute approximate surface area is 81.9 Å². The van der Waals surface area contributed by atoms with E-state index < -0.39 is 0 Å². The largest absolute Gasteiger partial charge is 0.465 e. The molecule has 13 heavy (non-hydrogen) atoms. The second-order valence-electron chi connectivity index (χ2n) is 2.60. The van der Waals surface area contributed by atoms with E-state index in [2.05, 4.69) is 4.98 Å². The van der Waals surface area contributed by atoms with Crippen molar-refractivity contribution in [2.24, 2.45) is 0 Å². The number of aromatic amines is 1. The molecular weight excluding hydrogens is 186 g/mol. The molecule has 0 spiro atoms. The maximum atomic E-state index is 11.3. The number of H-pyrrole nitrogens is 1. The van der Waals surface area contributed by atoms with Crippen LogP contribution in [-0.4, -0.2) is 23.8 Å². The molecule has 0 aliphatic rings. The first-order valence-corrected chi connectivity index (χ1v) is 5.08. The molecule has 3 nitrogen and oxygen atoms in total. The number of methoxy groups -OCH3 is 1. The summed E-state index contributed by atoms with van der Waals surface area (Å²) in [5.74, 6) is 0.666. The molecule has 0 saturated carbocycles. The minimum absolute atomic E-state index is 0.269. The van der Waals surface area contributed by atoms with Crippen LogP contribution >= 0.6 is 11.8 Å². The van der Waals surface area contributed by atoms with Gasteiger partial charge in [0.15, 0.2) is 0 Å². The number of nitrogens with one attached hydrogen (secondary N) is 1. The number of esters is 1. The van der Waals surface area contributed by atoms with E-state index in [-0.39, 0.29) is 5.97 Å². The van der Waals surface area contributed by atoms with E-state index in [4.69, 9.17) is 4.74 Å². The van der Waals surface area contributed by atoms with Crippen LogP contribution in [0.5, 0.6) is 0 Å². The van der Waals surface area contributed by atoms with Gasteiger partial charge in [-0.1, -0.05) is 6.92 Å². The monoisotopic (exact) mass is 199 g/mol. The summed E-state index contributed by atoms with van der Waals surface area (Å²) in [5, 5.41) is 0.895. The summed E-state index contributed by atoms with van der Waals surface area (Å²) in [6.07, 6.45) is 1.82. The molecule has 0 aromatic carbocycles. The van der Waals surface area contributed by atoms with Gasteiger partial charge in [-0.3, -0.25) is 0 Å². The van der Waals surface area contributed by atoms with E-state index in [0.29, 0.717) is 5.56 Å². The van der Waals surface area contributed by atoms with Crippen molar-refractivity contribution in [3.8, 4) is 0 Å². The Morgan fingerprint density at radius 3 is 2.92 bits per heavy atom. The van der Waals surface area contributed by atoms with Crippen LogP contribution in [0.4, 0.5) is 0 Å². The van der Waals surface area contributed by atoms with Crippen LogP contribution in [0.3, 0.4) is 0 Å². The van der Waals surface area contributed by atoms with Crippen molar-refractivity contribution < 1.29 is 9.53 Å². The maximum absolute atomic E-state index is 11.3. The van der Waals surface area contributed by atoms with E-state index >= 15 is 0 Å². The number of hydrogen-bond donors (Lipinski definition) is 1. The van der Waals surface area contributed by atoms with E-state index in [1.165, 1.54) is 7.11 Å². The SMILES string of the molecule is CCSc1[nH]cc(C)c1C(=O)OC. The first-order chi connectivity index (χ1) is 6.20. The lowest BCUT2D eigenvalue weighted by molar-refractivity contribution is 0.0596. The predicted molar refractivity (Wildman–Crippen MR) is 53.3 cm³/mol. The van der Waals surface area contributed by atoms with E-state index in [1.807, 2.05) is 20.0 Å². The van der Waals surface area contributed by atoms with Crippen molar-refractivity contribution in [2.75, 3.05) is 12.9 Å². The van der Waals surface area contributed by atoms with Gasteiger partial charge in [0.2, 0.25) is 0 Å². The number of ether oxygens (including phenoxy) is 1. The average Bonchev–Trinajstić information content (AvgIpc) is 2.47. The number of rotatable bonds is 3. The highest BCUT2D eigenvalue weighted by Crippen LogP contribution is 2.24. The zero-order chi connectivity index (χ0) is 9.84. The highest BCUT2D eigenvalue weighted by molar-refractivity contribution is 7.99. The number of thioether (sulfide) groups is 1. The molecule has 0 aliphatic carbocycles. The Kier molecular flexibility index (Phi) is 3.42. The average molecular weight is 199 g/mol. The summed E-state index contributed by atoms with van der Waals surface area (Å²) in [5.41, 5.74) is 1.59. The van der Waals surface area contributed by atoms with Gasteiger partial charge in [-0.15, -0.1) is 11.8 Å². The number of hydrogen-bond acceptors (Lipinski definition) is 3. The Morgan fingerprint density at radius 2 is 2.38 bits per heavy atom. The fourth-order valence-corrected chi connectivity index (χ4v) is 1.93. The summed E-state index contributed by atoms with van der Waals surface area (Å²) >= 11 is 1.61. The van der Waals surface area contributed by atoms with Crippen LogP contribution in [0.15, 0.2) is 11.2 Å². The summed E-state index contributed by atoms with van der Waals surface area (Å²) in [7, 11) is 1.40. The number of carbonyl (C=O) groups excluding carboxylic acids is 1. The van der Waals surface area contributed by atoms with Crippen molar-refractivity contribution in [2.45, 2.75) is 18.9 Å². The maximum Gasteiger partial charge on any atom is 0.340 e. The van der Waals surface area contributed by atoms with Crippen LogP contribution in [0, 0.1) is 6.92 Å². The van der Waals surface area contributed by atoms with Gasteiger partial charge in [-0.05, 0) is 18.2 Å². The molecule has 1 heterocycles. The second kappa shape index (κ2) is 4.37. The molecular formula is C9H13NO2S. The van der Waals surface area contributed by atoms with Gasteiger partial charge < -0.3 is 9.72 Å². The molecule has 0 saturated heterocycles. The van der Waals surface area contributed by atoms with Crippen molar-refractivity contribution in [3.63, 3.8) is 0 Å². The Bertz CT molecular complexity index is 307. The van der Waals surface area contributed by atoms with E-state index in [9.17, 15) is 4.79 Å². The molecule has 0 radical (unpaired) electrons. The van der Waals surface area contributed by atoms with E-state index in [0.717, 1.165) is 16.3 Å². The van der Waals surface area contributed by atoms with Crippen LogP contribution in [0.25, 0.3) is 0 Å². The zero-order valence-corrected chi connectivity index (χ0v) is 8.83. The van der Waals surface area contributed by atoms with Gasteiger partial charge in [-0.2, -0.15) is 0 Å². The normalized spacial score (nSPS) is 10.1. The lowest BCUT2D eigenvalue weighted by Crippen LogP contribution is -2.03. The molecule has 4 heteroatoms. The first-order valence-electron chi connectivity index (χ1n) is 4.09. The van der Waals surface area contributed by atoms with Gasteiger partial charge in [0, 0.05) is 6.20 Å². The number of carbonyl (C=O) groups is 1. The number of aryl methyl sites for hydroxylation is 1. The summed E-state index contributed by atoms with van der Waals surface area (Å²) < 4.78 is 4.69. The summed E-state index contributed by atoms with van der Waals surface area (Å²) in [6, 6.07) is 0. The van der Waals surface area contributed by atoms with Gasteiger partial charge in [0.1, 0.15) is 0 Å². The fraction of sp³-hybridized carbons (Fsp3) is 0.444. The molecule has 1 rings (SSSR count). The molecule has 0 unspecified atom stereocenters. The molecule has 0 amide bonds. The second-order valence-corrected chi connectivity index (χ2v) is 3.87. The molecule has 72 valence electrons. The Balaban J connectivity index is 3.01. The summed E-state index contributed by atoms with van der Waals surface area (Å²) in [6.45, 7) is 3.93. The lowest BCUT2D eigenvalue weighted by Gasteiger charge is -2.01. The topological polar surface area (TPSA) is 42.1 Å². The molecule has 1 aromatic rings. The third-order valence-electron chi connectivity index (χ3n) is 1.72. The van der Waals surface area contributed by atoms with Crippen molar-refractivity contribution in [1.82, 2.24) is 4.98 Å². The fourth-order valence-electron chi connectivity index (χ4n) is 1.11. The molecule has 0 bridgehead atoms. The van der Waals surface area contributed by atoms with Gasteiger partial charge >= 0.3 is 5.97 Å². The highest BCUT2D eigenvalue weighted by atomic mass is 32.2. The molecule has 1 N–H and O–H groups in total. The van der Waals surface area contributed by atoms with Crippen LogP contribution < -0.4 is 0 Å². The molecule has 0 fully saturated rings. The molecule has 1 aromatic heterocycles. The van der Waals surface area contributed by atoms with Crippen LogP contribution in [0.1, 0.15) is 22.8 Å².